The number of furan rings is 1. The van der Waals surface area contributed by atoms with E-state index in [1.54, 1.807) is 16.1 Å². The van der Waals surface area contributed by atoms with Crippen LogP contribution in [0.25, 0.3) is 6.08 Å². The molecule has 0 unspecified atom stereocenters. The molecule has 156 valence electrons. The van der Waals surface area contributed by atoms with Gasteiger partial charge in [-0.2, -0.15) is 0 Å². The molecule has 2 aliphatic rings. The van der Waals surface area contributed by atoms with Crippen molar-refractivity contribution in [2.45, 2.75) is 24.7 Å². The smallest absolute Gasteiger partial charge is 0.411 e. The van der Waals surface area contributed by atoms with E-state index in [-0.39, 0.29) is 24.6 Å². The standard InChI is InChI=1S/C25H22N2O4/c28-24-23(27-22(17-31-25(27)29)19-10-5-2-6-11-19)21(14-13-20-12-7-15-30-20)26(24)16-18-8-3-1-4-9-18/h1-15,21-23H,16-17H2/b14-13+/t21-,22-,23+/m1/s1. The van der Waals surface area contributed by atoms with Gasteiger partial charge in [0.05, 0.1) is 18.3 Å². The number of hydrogen-bond donors (Lipinski definition) is 0. The van der Waals surface area contributed by atoms with Crippen LogP contribution < -0.4 is 0 Å². The van der Waals surface area contributed by atoms with Gasteiger partial charge in [0, 0.05) is 6.54 Å². The van der Waals surface area contributed by atoms with Crippen molar-refractivity contribution in [2.24, 2.45) is 0 Å². The van der Waals surface area contributed by atoms with Crippen molar-refractivity contribution in [3.8, 4) is 0 Å². The van der Waals surface area contributed by atoms with Crippen molar-refractivity contribution in [2.75, 3.05) is 6.61 Å². The van der Waals surface area contributed by atoms with E-state index in [0.717, 1.165) is 11.1 Å². The van der Waals surface area contributed by atoms with Crippen molar-refractivity contribution in [1.29, 1.82) is 0 Å². The molecule has 2 amide bonds. The Morgan fingerprint density at radius 2 is 1.68 bits per heavy atom. The maximum atomic E-state index is 13.3. The van der Waals surface area contributed by atoms with Crippen LogP contribution in [0.2, 0.25) is 0 Å². The highest BCUT2D eigenvalue weighted by atomic mass is 16.6. The largest absolute Gasteiger partial charge is 0.465 e. The third kappa shape index (κ3) is 3.61. The zero-order valence-corrected chi connectivity index (χ0v) is 16.8. The fourth-order valence-electron chi connectivity index (χ4n) is 4.26. The maximum Gasteiger partial charge on any atom is 0.411 e. The summed E-state index contributed by atoms with van der Waals surface area (Å²) in [4.78, 5) is 29.3. The molecule has 2 saturated heterocycles. The summed E-state index contributed by atoms with van der Waals surface area (Å²) in [6, 6.07) is 22.0. The second-order valence-electron chi connectivity index (χ2n) is 7.67. The van der Waals surface area contributed by atoms with Crippen LogP contribution in [0.3, 0.4) is 0 Å². The summed E-state index contributed by atoms with van der Waals surface area (Å²) in [5.41, 5.74) is 1.99. The van der Waals surface area contributed by atoms with Crippen LogP contribution in [0.4, 0.5) is 4.79 Å². The number of rotatable bonds is 6. The molecular weight excluding hydrogens is 392 g/mol. The summed E-state index contributed by atoms with van der Waals surface area (Å²) < 4.78 is 10.8. The topological polar surface area (TPSA) is 63.0 Å². The summed E-state index contributed by atoms with van der Waals surface area (Å²) in [7, 11) is 0. The van der Waals surface area contributed by atoms with Crippen LogP contribution in [0.15, 0.2) is 89.6 Å². The van der Waals surface area contributed by atoms with Crippen LogP contribution in [-0.4, -0.2) is 40.5 Å². The average molecular weight is 414 g/mol. The van der Waals surface area contributed by atoms with Gasteiger partial charge in [-0.05, 0) is 29.3 Å². The number of amides is 2. The van der Waals surface area contributed by atoms with Crippen LogP contribution in [0.5, 0.6) is 0 Å². The van der Waals surface area contributed by atoms with Gasteiger partial charge in [-0.1, -0.05) is 66.7 Å². The Morgan fingerprint density at radius 1 is 0.935 bits per heavy atom. The molecule has 6 nitrogen and oxygen atoms in total. The first-order valence-corrected chi connectivity index (χ1v) is 10.3. The minimum Gasteiger partial charge on any atom is -0.465 e. The predicted molar refractivity (Wildman–Crippen MR) is 115 cm³/mol. The highest BCUT2D eigenvalue weighted by Crippen LogP contribution is 2.37. The van der Waals surface area contributed by atoms with Gasteiger partial charge in [0.2, 0.25) is 5.91 Å². The van der Waals surface area contributed by atoms with Gasteiger partial charge in [-0.15, -0.1) is 0 Å². The molecule has 0 saturated carbocycles. The van der Waals surface area contributed by atoms with E-state index in [1.807, 2.05) is 84.9 Å². The van der Waals surface area contributed by atoms with Gasteiger partial charge in [-0.25, -0.2) is 4.79 Å². The first kappa shape index (κ1) is 19.2. The van der Waals surface area contributed by atoms with Crippen molar-refractivity contribution in [3.63, 3.8) is 0 Å². The van der Waals surface area contributed by atoms with Crippen LogP contribution in [0.1, 0.15) is 22.9 Å². The first-order valence-electron chi connectivity index (χ1n) is 10.3. The van der Waals surface area contributed by atoms with Gasteiger partial charge in [0.15, 0.2) is 0 Å². The number of nitrogens with zero attached hydrogens (tertiary/aromatic N) is 2. The van der Waals surface area contributed by atoms with Gasteiger partial charge >= 0.3 is 6.09 Å². The Hall–Kier alpha value is -3.80. The molecule has 2 aromatic carbocycles. The molecule has 0 aliphatic carbocycles. The molecule has 5 rings (SSSR count). The van der Waals surface area contributed by atoms with E-state index < -0.39 is 12.1 Å². The molecule has 3 heterocycles. The van der Waals surface area contributed by atoms with Crippen LogP contribution in [0, 0.1) is 0 Å². The molecule has 0 radical (unpaired) electrons. The summed E-state index contributed by atoms with van der Waals surface area (Å²) >= 11 is 0. The monoisotopic (exact) mass is 414 g/mol. The molecule has 3 aromatic rings. The molecule has 0 N–H and O–H groups in total. The molecule has 1 aromatic heterocycles. The minimum atomic E-state index is -0.616. The molecule has 31 heavy (non-hydrogen) atoms. The molecule has 2 fully saturated rings. The lowest BCUT2D eigenvalue weighted by Gasteiger charge is -2.49. The molecule has 2 aliphatic heterocycles. The van der Waals surface area contributed by atoms with E-state index in [1.165, 1.54) is 0 Å². The number of carbonyl (C=O) groups excluding carboxylic acids is 2. The summed E-state index contributed by atoms with van der Waals surface area (Å²) in [6.45, 7) is 0.710. The van der Waals surface area contributed by atoms with Gasteiger partial charge < -0.3 is 14.1 Å². The number of ether oxygens (including phenoxy) is 1. The third-order valence-corrected chi connectivity index (χ3v) is 5.81. The Balaban J connectivity index is 1.45. The van der Waals surface area contributed by atoms with Crippen molar-refractivity contribution >= 4 is 18.1 Å². The average Bonchev–Trinajstić information content (AvgIpc) is 3.46. The lowest BCUT2D eigenvalue weighted by atomic mass is 9.90. The second kappa shape index (κ2) is 8.14. The number of benzene rings is 2. The Bertz CT molecular complexity index is 1080. The van der Waals surface area contributed by atoms with E-state index in [0.29, 0.717) is 12.3 Å². The SMILES string of the molecule is O=C1[C@@H](N2C(=O)OC[C@@H]2c2ccccc2)[C@@H](/C=C/c2ccco2)N1Cc1ccccc1. The summed E-state index contributed by atoms with van der Waals surface area (Å²) in [5, 5.41) is 0. The van der Waals surface area contributed by atoms with Crippen molar-refractivity contribution < 1.29 is 18.7 Å². The van der Waals surface area contributed by atoms with Crippen molar-refractivity contribution in [3.05, 3.63) is 102 Å². The Labute approximate surface area is 180 Å². The maximum absolute atomic E-state index is 13.3. The lowest BCUT2D eigenvalue weighted by Crippen LogP contribution is -2.69. The van der Waals surface area contributed by atoms with E-state index >= 15 is 0 Å². The number of β-lactam (4-membered cyclic amide) rings is 1. The highest BCUT2D eigenvalue weighted by Gasteiger charge is 2.55. The number of likely N-dealkylation sites (tertiary alicyclic amines) is 1. The molecule has 6 heteroatoms. The fourth-order valence-corrected chi connectivity index (χ4v) is 4.26. The minimum absolute atomic E-state index is 0.0854. The highest BCUT2D eigenvalue weighted by molar-refractivity contribution is 5.94. The van der Waals surface area contributed by atoms with Gasteiger partial charge in [0.25, 0.3) is 0 Å². The quantitative estimate of drug-likeness (QED) is 0.565. The van der Waals surface area contributed by atoms with Crippen molar-refractivity contribution in [1.82, 2.24) is 9.80 Å². The zero-order valence-electron chi connectivity index (χ0n) is 16.8. The molecule has 0 spiro atoms. The second-order valence-corrected chi connectivity index (χ2v) is 7.67. The predicted octanol–water partition coefficient (Wildman–Crippen LogP) is 4.27. The number of hydrogen-bond acceptors (Lipinski definition) is 4. The molecule has 0 bridgehead atoms. The van der Waals surface area contributed by atoms with Crippen LogP contribution in [-0.2, 0) is 16.1 Å². The number of cyclic esters (lactones) is 1. The summed E-state index contributed by atoms with van der Waals surface area (Å²) in [6.07, 6.45) is 4.93. The molecular formula is C25H22N2O4. The zero-order chi connectivity index (χ0) is 21.2. The van der Waals surface area contributed by atoms with E-state index in [9.17, 15) is 9.59 Å². The van der Waals surface area contributed by atoms with E-state index in [2.05, 4.69) is 0 Å². The number of carbonyl (C=O) groups is 2. The fraction of sp³-hybridized carbons (Fsp3) is 0.200. The van der Waals surface area contributed by atoms with Gasteiger partial charge in [0.1, 0.15) is 18.4 Å². The van der Waals surface area contributed by atoms with E-state index in [4.69, 9.17) is 9.15 Å². The first-order chi connectivity index (χ1) is 15.2. The van der Waals surface area contributed by atoms with Crippen LogP contribution >= 0.6 is 0 Å². The van der Waals surface area contributed by atoms with Gasteiger partial charge in [-0.3, -0.25) is 9.69 Å². The Morgan fingerprint density at radius 3 is 2.39 bits per heavy atom. The summed E-state index contributed by atoms with van der Waals surface area (Å²) in [5.74, 6) is 0.610. The third-order valence-electron chi connectivity index (χ3n) is 5.81. The Kier molecular flexibility index (Phi) is 5.04. The lowest BCUT2D eigenvalue weighted by molar-refractivity contribution is -0.155. The molecule has 3 atom stereocenters. The normalized spacial score (nSPS) is 23.3.